The number of para-hydroxylation sites is 1. The fourth-order valence-corrected chi connectivity index (χ4v) is 6.73. The van der Waals surface area contributed by atoms with Crippen molar-refractivity contribution in [2.24, 2.45) is 5.92 Å². The minimum Gasteiger partial charge on any atom is -0.326 e. The number of fused-ring (bicyclic) bond motifs is 4. The zero-order chi connectivity index (χ0) is 20.2. The number of amides is 2. The molecule has 3 heterocycles. The lowest BCUT2D eigenvalue weighted by Crippen LogP contribution is -2.55. The Labute approximate surface area is 183 Å². The number of anilines is 2. The summed E-state index contributed by atoms with van der Waals surface area (Å²) < 4.78 is 0.962. The zero-order valence-electron chi connectivity index (χ0n) is 16.1. The second-order valence-corrected chi connectivity index (χ2v) is 9.66. The Kier molecular flexibility index (Phi) is 4.72. The van der Waals surface area contributed by atoms with Gasteiger partial charge >= 0.3 is 0 Å². The smallest absolute Gasteiger partial charge is 0.253 e. The second-order valence-electron chi connectivity index (χ2n) is 7.74. The Morgan fingerprint density at radius 1 is 1.24 bits per heavy atom. The van der Waals surface area contributed by atoms with E-state index in [0.29, 0.717) is 13.0 Å². The summed E-state index contributed by atoms with van der Waals surface area (Å²) in [6.45, 7) is 2.60. The molecule has 3 aliphatic heterocycles. The molecule has 1 N–H and O–H groups in total. The van der Waals surface area contributed by atoms with Crippen molar-refractivity contribution < 1.29 is 9.59 Å². The van der Waals surface area contributed by atoms with Gasteiger partial charge in [-0.2, -0.15) is 0 Å². The fourth-order valence-electron chi connectivity index (χ4n) is 5.16. The van der Waals surface area contributed by atoms with Crippen LogP contribution in [0.4, 0.5) is 11.4 Å². The first kappa shape index (κ1) is 19.2. The largest absolute Gasteiger partial charge is 0.326 e. The van der Waals surface area contributed by atoms with Crippen LogP contribution in [0.5, 0.6) is 0 Å². The summed E-state index contributed by atoms with van der Waals surface area (Å²) in [5, 5.41) is 3.07. The Balaban J connectivity index is 1.59. The highest BCUT2D eigenvalue weighted by atomic mass is 79.9. The van der Waals surface area contributed by atoms with Gasteiger partial charge in [0.2, 0.25) is 5.91 Å². The molecule has 2 fully saturated rings. The molecule has 0 aliphatic carbocycles. The minimum absolute atomic E-state index is 0.0437. The van der Waals surface area contributed by atoms with Gasteiger partial charge in [0.05, 0.1) is 5.92 Å². The third kappa shape index (κ3) is 2.71. The molecule has 2 saturated heterocycles. The summed E-state index contributed by atoms with van der Waals surface area (Å²) in [6, 6.07) is 15.8. The molecular formula is C22H22BrN3O2S. The number of rotatable bonds is 3. The van der Waals surface area contributed by atoms with E-state index in [1.54, 1.807) is 0 Å². The number of halogens is 1. The SMILES string of the molecule is CCN1C(=O)C2(c3ccccc31)C(C(=O)Nc1ccc(Br)cc1)CC1CSCN12. The maximum Gasteiger partial charge on any atom is 0.253 e. The number of hydrogen-bond donors (Lipinski definition) is 1. The first-order valence-electron chi connectivity index (χ1n) is 9.89. The number of benzene rings is 2. The topological polar surface area (TPSA) is 52.7 Å². The highest BCUT2D eigenvalue weighted by Gasteiger charge is 2.67. The van der Waals surface area contributed by atoms with Gasteiger partial charge in [-0.3, -0.25) is 14.5 Å². The van der Waals surface area contributed by atoms with Crippen LogP contribution in [0.15, 0.2) is 53.0 Å². The second kappa shape index (κ2) is 7.15. The Bertz CT molecular complexity index is 982. The van der Waals surface area contributed by atoms with Crippen molar-refractivity contribution in [3.05, 3.63) is 58.6 Å². The molecule has 3 atom stereocenters. The quantitative estimate of drug-likeness (QED) is 0.733. The predicted molar refractivity (Wildman–Crippen MR) is 120 cm³/mol. The van der Waals surface area contributed by atoms with E-state index in [0.717, 1.165) is 33.0 Å². The Hall–Kier alpha value is -1.83. The molecule has 0 bridgehead atoms. The Morgan fingerprint density at radius 3 is 2.76 bits per heavy atom. The lowest BCUT2D eigenvalue weighted by atomic mass is 9.79. The van der Waals surface area contributed by atoms with Gasteiger partial charge in [0.15, 0.2) is 0 Å². The highest BCUT2D eigenvalue weighted by molar-refractivity contribution is 9.10. The van der Waals surface area contributed by atoms with Gasteiger partial charge in [0.1, 0.15) is 5.54 Å². The predicted octanol–water partition coefficient (Wildman–Crippen LogP) is 4.04. The van der Waals surface area contributed by atoms with E-state index in [2.05, 4.69) is 26.1 Å². The van der Waals surface area contributed by atoms with Crippen molar-refractivity contribution in [1.29, 1.82) is 0 Å². The van der Waals surface area contributed by atoms with E-state index < -0.39 is 11.5 Å². The monoisotopic (exact) mass is 471 g/mol. The van der Waals surface area contributed by atoms with Crippen molar-refractivity contribution in [3.63, 3.8) is 0 Å². The molecule has 2 aromatic rings. The molecule has 2 amide bonds. The van der Waals surface area contributed by atoms with Crippen molar-refractivity contribution in [2.45, 2.75) is 24.9 Å². The van der Waals surface area contributed by atoms with Crippen molar-refractivity contribution in [2.75, 3.05) is 28.4 Å². The van der Waals surface area contributed by atoms with Crippen molar-refractivity contribution >= 4 is 50.9 Å². The van der Waals surface area contributed by atoms with Crippen molar-refractivity contribution in [3.8, 4) is 0 Å². The summed E-state index contributed by atoms with van der Waals surface area (Å²) in [5.74, 6) is 1.30. The van der Waals surface area contributed by atoms with E-state index in [1.807, 2.05) is 72.1 Å². The number of nitrogens with one attached hydrogen (secondary N) is 1. The number of carbonyl (C=O) groups excluding carboxylic acids is 2. The number of thioether (sulfide) groups is 1. The minimum atomic E-state index is -0.903. The number of likely N-dealkylation sites (N-methyl/N-ethyl adjacent to an activating group) is 1. The van der Waals surface area contributed by atoms with Crippen LogP contribution >= 0.6 is 27.7 Å². The fraction of sp³-hybridized carbons (Fsp3) is 0.364. The average molecular weight is 472 g/mol. The zero-order valence-corrected chi connectivity index (χ0v) is 18.5. The standard InChI is InChI=1S/C22H22BrN3O2S/c1-2-25-19-6-4-3-5-17(19)22(21(25)28)18(11-16-12-29-13-26(16)22)20(27)24-15-9-7-14(23)8-10-15/h3-10,16,18H,2,11-13H2,1H3,(H,24,27). The molecule has 0 saturated carbocycles. The molecule has 5 rings (SSSR count). The molecule has 1 spiro atoms. The average Bonchev–Trinajstić information content (AvgIpc) is 3.37. The molecule has 3 unspecified atom stereocenters. The number of hydrogen-bond acceptors (Lipinski definition) is 4. The molecule has 0 aromatic heterocycles. The third-order valence-electron chi connectivity index (χ3n) is 6.37. The van der Waals surface area contributed by atoms with E-state index in [9.17, 15) is 9.59 Å². The lowest BCUT2D eigenvalue weighted by Gasteiger charge is -2.36. The van der Waals surface area contributed by atoms with E-state index in [1.165, 1.54) is 0 Å². The molecule has 5 nitrogen and oxygen atoms in total. The van der Waals surface area contributed by atoms with Gasteiger partial charge in [-0.25, -0.2) is 0 Å². The van der Waals surface area contributed by atoms with E-state index in [4.69, 9.17) is 0 Å². The van der Waals surface area contributed by atoms with Gasteiger partial charge in [-0.05, 0) is 43.7 Å². The summed E-state index contributed by atoms with van der Waals surface area (Å²) in [4.78, 5) is 31.5. The first-order valence-corrected chi connectivity index (χ1v) is 11.8. The van der Waals surface area contributed by atoms with Gasteiger partial charge in [-0.1, -0.05) is 34.1 Å². The molecule has 7 heteroatoms. The molecule has 0 radical (unpaired) electrons. The van der Waals surface area contributed by atoms with Crippen LogP contribution in [0.25, 0.3) is 0 Å². The maximum absolute atomic E-state index is 13.9. The molecule has 3 aliphatic rings. The van der Waals surface area contributed by atoms with E-state index in [-0.39, 0.29) is 17.9 Å². The third-order valence-corrected chi connectivity index (χ3v) is 7.98. The van der Waals surface area contributed by atoms with Crippen LogP contribution in [-0.2, 0) is 15.1 Å². The first-order chi connectivity index (χ1) is 14.1. The van der Waals surface area contributed by atoms with E-state index >= 15 is 0 Å². The molecule has 2 aromatic carbocycles. The van der Waals surface area contributed by atoms with Gasteiger partial charge < -0.3 is 10.2 Å². The molecule has 29 heavy (non-hydrogen) atoms. The van der Waals surface area contributed by atoms with Crippen LogP contribution in [0.2, 0.25) is 0 Å². The summed E-state index contributed by atoms with van der Waals surface area (Å²) in [5.41, 5.74) is 1.77. The summed E-state index contributed by atoms with van der Waals surface area (Å²) in [6.07, 6.45) is 0.701. The van der Waals surface area contributed by atoms with Crippen LogP contribution in [0, 0.1) is 5.92 Å². The normalized spacial score (nSPS) is 28.1. The van der Waals surface area contributed by atoms with Crippen LogP contribution in [0.1, 0.15) is 18.9 Å². The Morgan fingerprint density at radius 2 is 2.00 bits per heavy atom. The highest BCUT2D eigenvalue weighted by Crippen LogP contribution is 2.57. The molecule has 150 valence electrons. The van der Waals surface area contributed by atoms with Gasteiger partial charge in [-0.15, -0.1) is 11.8 Å². The number of nitrogens with zero attached hydrogens (tertiary/aromatic N) is 2. The van der Waals surface area contributed by atoms with Crippen LogP contribution in [-0.4, -0.2) is 40.9 Å². The van der Waals surface area contributed by atoms with Gasteiger partial charge in [0, 0.05) is 45.6 Å². The number of carbonyl (C=O) groups is 2. The van der Waals surface area contributed by atoms with Crippen LogP contribution in [0.3, 0.4) is 0 Å². The lowest BCUT2D eigenvalue weighted by molar-refractivity contribution is -0.136. The summed E-state index contributed by atoms with van der Waals surface area (Å²) in [7, 11) is 0. The maximum atomic E-state index is 13.9. The van der Waals surface area contributed by atoms with Gasteiger partial charge in [0.25, 0.3) is 5.91 Å². The molecular weight excluding hydrogens is 450 g/mol. The summed E-state index contributed by atoms with van der Waals surface area (Å²) >= 11 is 5.28. The van der Waals surface area contributed by atoms with Crippen molar-refractivity contribution in [1.82, 2.24) is 4.90 Å². The van der Waals surface area contributed by atoms with Crippen LogP contribution < -0.4 is 10.2 Å².